The Morgan fingerprint density at radius 3 is 2.84 bits per heavy atom. The van der Waals surface area contributed by atoms with E-state index in [1.165, 1.54) is 12.1 Å². The van der Waals surface area contributed by atoms with Crippen LogP contribution in [0.1, 0.15) is 41.6 Å². The van der Waals surface area contributed by atoms with Crippen molar-refractivity contribution in [3.05, 3.63) is 35.1 Å². The van der Waals surface area contributed by atoms with Crippen molar-refractivity contribution >= 4 is 17.5 Å². The number of likely N-dealkylation sites (tertiary alicyclic amines) is 1. The number of aryl methyl sites for hydroxylation is 1. The molecule has 104 valence electrons. The number of halogens is 2. The maximum Gasteiger partial charge on any atom is 0.254 e. The van der Waals surface area contributed by atoms with Crippen LogP contribution in [0.3, 0.4) is 0 Å². The fourth-order valence-electron chi connectivity index (χ4n) is 2.63. The molecule has 2 rings (SSSR count). The third-order valence-electron chi connectivity index (χ3n) is 3.61. The Balaban J connectivity index is 2.25. The van der Waals surface area contributed by atoms with Crippen LogP contribution in [0.25, 0.3) is 0 Å². The van der Waals surface area contributed by atoms with Crippen molar-refractivity contribution in [1.29, 1.82) is 0 Å². The molecule has 1 unspecified atom stereocenters. The molecule has 0 saturated carbocycles. The maximum absolute atomic E-state index is 13.4. The molecule has 0 aromatic heterocycles. The van der Waals surface area contributed by atoms with Gasteiger partial charge in [0.1, 0.15) is 5.82 Å². The normalized spacial score (nSPS) is 20.2. The highest BCUT2D eigenvalue weighted by molar-refractivity contribution is 6.18. The number of carbonyl (C=O) groups excluding carboxylic acids is 1. The number of hydrogen-bond acceptors (Lipinski definition) is 1. The summed E-state index contributed by atoms with van der Waals surface area (Å²) in [4.78, 5) is 14.3. The minimum absolute atomic E-state index is 0.0697. The predicted molar refractivity (Wildman–Crippen MR) is 75.1 cm³/mol. The summed E-state index contributed by atoms with van der Waals surface area (Å²) in [6.07, 6.45) is 4.15. The van der Waals surface area contributed by atoms with Gasteiger partial charge in [-0.3, -0.25) is 4.79 Å². The summed E-state index contributed by atoms with van der Waals surface area (Å²) in [5.41, 5.74) is 1.19. The third-order valence-corrected chi connectivity index (χ3v) is 3.96. The summed E-state index contributed by atoms with van der Waals surface area (Å²) in [6.45, 7) is 2.51. The lowest BCUT2D eigenvalue weighted by molar-refractivity contribution is 0.0699. The van der Waals surface area contributed by atoms with E-state index in [9.17, 15) is 9.18 Å². The minimum Gasteiger partial charge on any atom is -0.334 e. The van der Waals surface area contributed by atoms with Crippen molar-refractivity contribution in [3.8, 4) is 0 Å². The zero-order chi connectivity index (χ0) is 13.8. The van der Waals surface area contributed by atoms with E-state index in [-0.39, 0.29) is 17.8 Å². The van der Waals surface area contributed by atoms with Gasteiger partial charge in [-0.05, 0) is 43.5 Å². The Morgan fingerprint density at radius 1 is 1.37 bits per heavy atom. The number of rotatable bonds is 2. The standard InChI is InChI=1S/C15H19ClFNO/c1-11-7-12(9-13(17)8-11)15(19)18-6-4-2-3-5-14(18)10-16/h7-9,14H,2-6,10H2,1H3. The van der Waals surface area contributed by atoms with Gasteiger partial charge in [-0.15, -0.1) is 11.6 Å². The summed E-state index contributed by atoms with van der Waals surface area (Å²) in [7, 11) is 0. The average molecular weight is 284 g/mol. The highest BCUT2D eigenvalue weighted by Crippen LogP contribution is 2.21. The molecule has 2 nitrogen and oxygen atoms in total. The summed E-state index contributed by atoms with van der Waals surface area (Å²) in [6, 6.07) is 4.55. The van der Waals surface area contributed by atoms with Crippen LogP contribution in [0.2, 0.25) is 0 Å². The lowest BCUT2D eigenvalue weighted by Gasteiger charge is -2.28. The zero-order valence-corrected chi connectivity index (χ0v) is 11.9. The van der Waals surface area contributed by atoms with E-state index in [0.717, 1.165) is 31.2 Å². The smallest absolute Gasteiger partial charge is 0.254 e. The van der Waals surface area contributed by atoms with Crippen LogP contribution in [0.4, 0.5) is 4.39 Å². The van der Waals surface area contributed by atoms with Crippen LogP contribution in [0.15, 0.2) is 18.2 Å². The molecule has 1 amide bonds. The van der Waals surface area contributed by atoms with E-state index in [4.69, 9.17) is 11.6 Å². The van der Waals surface area contributed by atoms with Gasteiger partial charge in [0.15, 0.2) is 0 Å². The second-order valence-electron chi connectivity index (χ2n) is 5.17. The summed E-state index contributed by atoms with van der Waals surface area (Å²) in [5.74, 6) is -0.0178. The maximum atomic E-state index is 13.4. The Hall–Kier alpha value is -1.09. The second kappa shape index (κ2) is 6.38. The van der Waals surface area contributed by atoms with E-state index in [1.807, 2.05) is 4.90 Å². The number of benzene rings is 1. The van der Waals surface area contributed by atoms with Gasteiger partial charge in [-0.2, -0.15) is 0 Å². The number of carbonyl (C=O) groups is 1. The number of alkyl halides is 1. The number of hydrogen-bond donors (Lipinski definition) is 0. The van der Waals surface area contributed by atoms with Crippen LogP contribution in [0.5, 0.6) is 0 Å². The monoisotopic (exact) mass is 283 g/mol. The van der Waals surface area contributed by atoms with Gasteiger partial charge in [0.25, 0.3) is 5.91 Å². The van der Waals surface area contributed by atoms with Crippen molar-refractivity contribution in [3.63, 3.8) is 0 Å². The van der Waals surface area contributed by atoms with E-state index >= 15 is 0 Å². The molecule has 1 aliphatic rings. The number of nitrogens with zero attached hydrogens (tertiary/aromatic N) is 1. The van der Waals surface area contributed by atoms with Crippen molar-refractivity contribution < 1.29 is 9.18 Å². The van der Waals surface area contributed by atoms with Gasteiger partial charge in [-0.25, -0.2) is 4.39 Å². The Bertz CT molecular complexity index is 443. The highest BCUT2D eigenvalue weighted by Gasteiger charge is 2.25. The van der Waals surface area contributed by atoms with Crippen molar-refractivity contribution in [2.45, 2.75) is 38.6 Å². The summed E-state index contributed by atoms with van der Waals surface area (Å²) in [5, 5.41) is 0. The molecule has 19 heavy (non-hydrogen) atoms. The lowest BCUT2D eigenvalue weighted by Crippen LogP contribution is -2.41. The van der Waals surface area contributed by atoms with Crippen LogP contribution >= 0.6 is 11.6 Å². The fraction of sp³-hybridized carbons (Fsp3) is 0.533. The molecular formula is C15H19ClFNO. The summed E-state index contributed by atoms with van der Waals surface area (Å²) < 4.78 is 13.4. The SMILES string of the molecule is Cc1cc(F)cc(C(=O)N2CCCCCC2CCl)c1. The molecular weight excluding hydrogens is 265 g/mol. The van der Waals surface area contributed by atoms with Gasteiger partial charge < -0.3 is 4.90 Å². The van der Waals surface area contributed by atoms with Crippen molar-refractivity contribution in [2.24, 2.45) is 0 Å². The Kier molecular flexibility index (Phi) is 4.81. The first-order valence-corrected chi connectivity index (χ1v) is 7.29. The second-order valence-corrected chi connectivity index (χ2v) is 5.48. The number of amides is 1. The molecule has 1 aromatic carbocycles. The van der Waals surface area contributed by atoms with Crippen molar-refractivity contribution in [2.75, 3.05) is 12.4 Å². The molecule has 1 saturated heterocycles. The van der Waals surface area contributed by atoms with Gasteiger partial charge >= 0.3 is 0 Å². The zero-order valence-electron chi connectivity index (χ0n) is 11.2. The first-order valence-electron chi connectivity index (χ1n) is 6.76. The Morgan fingerprint density at radius 2 is 2.16 bits per heavy atom. The first kappa shape index (κ1) is 14.3. The van der Waals surface area contributed by atoms with E-state index in [1.54, 1.807) is 13.0 Å². The van der Waals surface area contributed by atoms with Crippen LogP contribution in [-0.4, -0.2) is 29.3 Å². The largest absolute Gasteiger partial charge is 0.334 e. The molecule has 0 spiro atoms. The fourth-order valence-corrected chi connectivity index (χ4v) is 2.95. The van der Waals surface area contributed by atoms with Crippen molar-refractivity contribution in [1.82, 2.24) is 4.90 Å². The molecule has 0 N–H and O–H groups in total. The highest BCUT2D eigenvalue weighted by atomic mass is 35.5. The first-order chi connectivity index (χ1) is 9.11. The van der Waals surface area contributed by atoms with Gasteiger partial charge in [-0.1, -0.05) is 12.8 Å². The molecule has 0 aliphatic carbocycles. The summed E-state index contributed by atoms with van der Waals surface area (Å²) >= 11 is 5.97. The van der Waals surface area contributed by atoms with Gasteiger partial charge in [0.2, 0.25) is 0 Å². The van der Waals surface area contributed by atoms with E-state index < -0.39 is 0 Å². The minimum atomic E-state index is -0.361. The topological polar surface area (TPSA) is 20.3 Å². The molecule has 4 heteroatoms. The Labute approximate surface area is 118 Å². The van der Waals surface area contributed by atoms with E-state index in [2.05, 4.69) is 0 Å². The van der Waals surface area contributed by atoms with Gasteiger partial charge in [0.05, 0.1) is 0 Å². The van der Waals surface area contributed by atoms with Gasteiger partial charge in [0, 0.05) is 24.0 Å². The molecule has 1 aliphatic heterocycles. The van der Waals surface area contributed by atoms with Crippen LogP contribution in [0, 0.1) is 12.7 Å². The quantitative estimate of drug-likeness (QED) is 0.757. The molecule has 1 atom stereocenters. The lowest BCUT2D eigenvalue weighted by atomic mass is 10.1. The molecule has 0 radical (unpaired) electrons. The van der Waals surface area contributed by atoms with E-state index in [0.29, 0.717) is 18.0 Å². The van der Waals surface area contributed by atoms with Crippen LogP contribution in [-0.2, 0) is 0 Å². The van der Waals surface area contributed by atoms with Crippen LogP contribution < -0.4 is 0 Å². The average Bonchev–Trinajstić information content (AvgIpc) is 2.61. The molecule has 1 aromatic rings. The molecule has 1 fully saturated rings. The predicted octanol–water partition coefficient (Wildman–Crippen LogP) is 3.76. The molecule has 0 bridgehead atoms. The third kappa shape index (κ3) is 3.47. The molecule has 1 heterocycles.